The average Bonchev–Trinajstić information content (AvgIpc) is 2.30. The molecular weight excluding hydrogens is 190 g/mol. The minimum Gasteiger partial charge on any atom is -0.497 e. The van der Waals surface area contributed by atoms with Crippen molar-refractivity contribution in [3.05, 3.63) is 52.9 Å². The van der Waals surface area contributed by atoms with Gasteiger partial charge in [0, 0.05) is 11.8 Å². The van der Waals surface area contributed by atoms with Gasteiger partial charge in [-0.3, -0.25) is 4.79 Å². The summed E-state index contributed by atoms with van der Waals surface area (Å²) in [4.78, 5) is 14.2. The molecule has 15 heavy (non-hydrogen) atoms. The van der Waals surface area contributed by atoms with Gasteiger partial charge >= 0.3 is 0 Å². The molecule has 0 spiro atoms. The molecule has 3 heteroatoms. The number of aromatic nitrogens is 1. The standard InChI is InChI=1S/C12H11NO2/c1-15-10-5-2-4-9(8-10)11-6-3-7-13-12(11)14/h2-8H,1H3,(H,13,14). The lowest BCUT2D eigenvalue weighted by molar-refractivity contribution is 0.415. The van der Waals surface area contributed by atoms with Crippen molar-refractivity contribution >= 4 is 0 Å². The van der Waals surface area contributed by atoms with Gasteiger partial charge in [-0.25, -0.2) is 0 Å². The lowest BCUT2D eigenvalue weighted by Gasteiger charge is -2.03. The topological polar surface area (TPSA) is 42.1 Å². The van der Waals surface area contributed by atoms with Gasteiger partial charge in [0.15, 0.2) is 0 Å². The molecule has 0 unspecified atom stereocenters. The largest absolute Gasteiger partial charge is 0.497 e. The number of rotatable bonds is 2. The maximum absolute atomic E-state index is 11.5. The van der Waals surface area contributed by atoms with Gasteiger partial charge in [-0.1, -0.05) is 12.1 Å². The van der Waals surface area contributed by atoms with Crippen LogP contribution < -0.4 is 10.3 Å². The normalized spacial score (nSPS) is 9.93. The third-order valence-electron chi connectivity index (χ3n) is 2.20. The number of H-pyrrole nitrogens is 1. The van der Waals surface area contributed by atoms with Gasteiger partial charge in [-0.15, -0.1) is 0 Å². The van der Waals surface area contributed by atoms with E-state index in [2.05, 4.69) is 4.98 Å². The van der Waals surface area contributed by atoms with E-state index >= 15 is 0 Å². The molecule has 1 N–H and O–H groups in total. The molecule has 1 aromatic carbocycles. The Morgan fingerprint density at radius 1 is 1.20 bits per heavy atom. The summed E-state index contributed by atoms with van der Waals surface area (Å²) in [6.07, 6.45) is 1.62. The molecule has 3 nitrogen and oxygen atoms in total. The van der Waals surface area contributed by atoms with Gasteiger partial charge in [0.25, 0.3) is 5.56 Å². The van der Waals surface area contributed by atoms with Crippen LogP contribution in [0.25, 0.3) is 11.1 Å². The average molecular weight is 201 g/mol. The number of benzene rings is 1. The zero-order valence-corrected chi connectivity index (χ0v) is 8.36. The van der Waals surface area contributed by atoms with E-state index in [1.165, 1.54) is 0 Å². The molecular formula is C12H11NO2. The molecule has 0 saturated heterocycles. The molecule has 0 bridgehead atoms. The molecule has 0 aliphatic carbocycles. The highest BCUT2D eigenvalue weighted by Gasteiger charge is 2.02. The second-order valence-corrected chi connectivity index (χ2v) is 3.14. The smallest absolute Gasteiger partial charge is 0.255 e. The summed E-state index contributed by atoms with van der Waals surface area (Å²) in [6, 6.07) is 11.0. The highest BCUT2D eigenvalue weighted by atomic mass is 16.5. The van der Waals surface area contributed by atoms with Crippen molar-refractivity contribution in [3.63, 3.8) is 0 Å². The van der Waals surface area contributed by atoms with E-state index in [9.17, 15) is 4.79 Å². The first-order chi connectivity index (χ1) is 7.31. The van der Waals surface area contributed by atoms with Crippen LogP contribution in [0.4, 0.5) is 0 Å². The Balaban J connectivity index is 2.54. The Bertz CT molecular complexity index is 517. The molecule has 0 radical (unpaired) electrons. The van der Waals surface area contributed by atoms with Crippen molar-refractivity contribution in [2.24, 2.45) is 0 Å². The minimum atomic E-state index is -0.0919. The summed E-state index contributed by atoms with van der Waals surface area (Å²) < 4.78 is 5.10. The number of nitrogens with one attached hydrogen (secondary N) is 1. The van der Waals surface area contributed by atoms with Gasteiger partial charge in [-0.2, -0.15) is 0 Å². The van der Waals surface area contributed by atoms with Crippen molar-refractivity contribution in [3.8, 4) is 16.9 Å². The van der Waals surface area contributed by atoms with Crippen LogP contribution in [0.15, 0.2) is 47.4 Å². The van der Waals surface area contributed by atoms with Crippen molar-refractivity contribution in [1.82, 2.24) is 4.98 Å². The number of pyridine rings is 1. The van der Waals surface area contributed by atoms with Crippen LogP contribution in [0, 0.1) is 0 Å². The summed E-state index contributed by atoms with van der Waals surface area (Å²) in [6.45, 7) is 0. The summed E-state index contributed by atoms with van der Waals surface area (Å²) in [5.74, 6) is 0.746. The summed E-state index contributed by atoms with van der Waals surface area (Å²) in [7, 11) is 1.61. The number of aromatic amines is 1. The molecule has 2 aromatic rings. The van der Waals surface area contributed by atoms with E-state index in [0.717, 1.165) is 11.3 Å². The van der Waals surface area contributed by atoms with E-state index in [1.54, 1.807) is 25.4 Å². The fraction of sp³-hybridized carbons (Fsp3) is 0.0833. The minimum absolute atomic E-state index is 0.0919. The first-order valence-corrected chi connectivity index (χ1v) is 4.63. The van der Waals surface area contributed by atoms with E-state index in [1.807, 2.05) is 24.3 Å². The first-order valence-electron chi connectivity index (χ1n) is 4.63. The van der Waals surface area contributed by atoms with E-state index in [0.29, 0.717) is 5.56 Å². The third kappa shape index (κ3) is 1.91. The highest BCUT2D eigenvalue weighted by Crippen LogP contribution is 2.20. The Hall–Kier alpha value is -2.03. The van der Waals surface area contributed by atoms with Crippen molar-refractivity contribution in [2.45, 2.75) is 0 Å². The predicted molar refractivity (Wildman–Crippen MR) is 59.1 cm³/mol. The van der Waals surface area contributed by atoms with Crippen LogP contribution >= 0.6 is 0 Å². The lowest BCUT2D eigenvalue weighted by Crippen LogP contribution is -2.06. The van der Waals surface area contributed by atoms with Crippen molar-refractivity contribution in [1.29, 1.82) is 0 Å². The predicted octanol–water partition coefficient (Wildman–Crippen LogP) is 2.05. The quantitative estimate of drug-likeness (QED) is 0.808. The Morgan fingerprint density at radius 3 is 2.80 bits per heavy atom. The SMILES string of the molecule is COc1cccc(-c2ccc[nH]c2=O)c1. The fourth-order valence-electron chi connectivity index (χ4n) is 1.44. The molecule has 0 aliphatic heterocycles. The van der Waals surface area contributed by atoms with Crippen LogP contribution in [0.1, 0.15) is 0 Å². The zero-order chi connectivity index (χ0) is 10.7. The Labute approximate surface area is 87.3 Å². The van der Waals surface area contributed by atoms with Crippen LogP contribution in [0.3, 0.4) is 0 Å². The summed E-state index contributed by atoms with van der Waals surface area (Å²) >= 11 is 0. The Kier molecular flexibility index (Phi) is 2.54. The number of hydrogen-bond donors (Lipinski definition) is 1. The zero-order valence-electron chi connectivity index (χ0n) is 8.36. The summed E-state index contributed by atoms with van der Waals surface area (Å²) in [5, 5.41) is 0. The second-order valence-electron chi connectivity index (χ2n) is 3.14. The van der Waals surface area contributed by atoms with E-state index in [4.69, 9.17) is 4.74 Å². The number of hydrogen-bond acceptors (Lipinski definition) is 2. The van der Waals surface area contributed by atoms with Crippen LogP contribution in [-0.4, -0.2) is 12.1 Å². The second kappa shape index (κ2) is 4.00. The number of ether oxygens (including phenoxy) is 1. The van der Waals surface area contributed by atoms with Gasteiger partial charge in [0.1, 0.15) is 5.75 Å². The highest BCUT2D eigenvalue weighted by molar-refractivity contribution is 5.63. The molecule has 1 aromatic heterocycles. The molecule has 0 saturated carbocycles. The van der Waals surface area contributed by atoms with Gasteiger partial charge in [0.05, 0.1) is 7.11 Å². The van der Waals surface area contributed by atoms with Gasteiger partial charge in [-0.05, 0) is 29.8 Å². The first kappa shape index (κ1) is 9.52. The molecule has 76 valence electrons. The maximum atomic E-state index is 11.5. The van der Waals surface area contributed by atoms with Crippen molar-refractivity contribution in [2.75, 3.05) is 7.11 Å². The van der Waals surface area contributed by atoms with Crippen molar-refractivity contribution < 1.29 is 4.74 Å². The Morgan fingerprint density at radius 2 is 2.07 bits per heavy atom. The van der Waals surface area contributed by atoms with Gasteiger partial charge < -0.3 is 9.72 Å². The maximum Gasteiger partial charge on any atom is 0.255 e. The lowest BCUT2D eigenvalue weighted by atomic mass is 10.1. The molecule has 0 amide bonds. The number of methoxy groups -OCH3 is 1. The molecule has 1 heterocycles. The fourth-order valence-corrected chi connectivity index (χ4v) is 1.44. The van der Waals surface area contributed by atoms with E-state index in [-0.39, 0.29) is 5.56 Å². The van der Waals surface area contributed by atoms with Crippen LogP contribution in [0.5, 0.6) is 5.75 Å². The molecule has 0 atom stereocenters. The monoisotopic (exact) mass is 201 g/mol. The molecule has 2 rings (SSSR count). The van der Waals surface area contributed by atoms with Crippen LogP contribution in [-0.2, 0) is 0 Å². The third-order valence-corrected chi connectivity index (χ3v) is 2.20. The summed E-state index contributed by atoms with van der Waals surface area (Å²) in [5.41, 5.74) is 1.42. The molecule has 0 aliphatic rings. The molecule has 0 fully saturated rings. The van der Waals surface area contributed by atoms with E-state index < -0.39 is 0 Å². The van der Waals surface area contributed by atoms with Crippen LogP contribution in [0.2, 0.25) is 0 Å². The van der Waals surface area contributed by atoms with Gasteiger partial charge in [0.2, 0.25) is 0 Å².